The maximum absolute atomic E-state index is 12.3. The second kappa shape index (κ2) is 7.43. The lowest BCUT2D eigenvalue weighted by Gasteiger charge is -2.29. The van der Waals surface area contributed by atoms with E-state index in [4.69, 9.17) is 0 Å². The van der Waals surface area contributed by atoms with Crippen molar-refractivity contribution in [1.29, 1.82) is 0 Å². The number of carbonyl (C=O) groups excluding carboxylic acids is 1. The lowest BCUT2D eigenvalue weighted by molar-refractivity contribution is 0.0923. The highest BCUT2D eigenvalue weighted by Crippen LogP contribution is 2.27. The molecule has 118 valence electrons. The topological polar surface area (TPSA) is 54.0 Å². The summed E-state index contributed by atoms with van der Waals surface area (Å²) in [6, 6.07) is 5.28. The van der Waals surface area contributed by atoms with E-state index in [0.29, 0.717) is 23.7 Å². The van der Waals surface area contributed by atoms with E-state index in [0.717, 1.165) is 24.2 Å². The molecule has 1 aromatic heterocycles. The second-order valence-electron chi connectivity index (χ2n) is 5.87. The molecule has 0 aromatic carbocycles. The largest absolute Gasteiger partial charge is 0.349 e. The summed E-state index contributed by atoms with van der Waals surface area (Å²) in [5, 5.41) is 6.77. The van der Waals surface area contributed by atoms with Gasteiger partial charge in [-0.05, 0) is 51.7 Å². The first-order chi connectivity index (χ1) is 9.11. The average molecular weight is 332 g/mol. The Labute approximate surface area is 138 Å². The minimum Gasteiger partial charge on any atom is -0.349 e. The summed E-state index contributed by atoms with van der Waals surface area (Å²) >= 11 is 0. The van der Waals surface area contributed by atoms with Crippen molar-refractivity contribution in [3.8, 4) is 0 Å². The van der Waals surface area contributed by atoms with Crippen molar-refractivity contribution < 1.29 is 4.79 Å². The Balaban J connectivity index is 0.00000110. The van der Waals surface area contributed by atoms with Gasteiger partial charge in [0.2, 0.25) is 0 Å². The van der Waals surface area contributed by atoms with E-state index in [2.05, 4.69) is 15.6 Å². The van der Waals surface area contributed by atoms with Crippen LogP contribution in [0.15, 0.2) is 12.1 Å². The Hall–Kier alpha value is -0.840. The molecule has 2 atom stereocenters. The van der Waals surface area contributed by atoms with E-state index < -0.39 is 0 Å². The van der Waals surface area contributed by atoms with E-state index in [1.54, 1.807) is 0 Å². The predicted octanol–water partition coefficient (Wildman–Crippen LogP) is 2.55. The van der Waals surface area contributed by atoms with Crippen molar-refractivity contribution in [3.05, 3.63) is 29.1 Å². The van der Waals surface area contributed by atoms with Gasteiger partial charge in [-0.2, -0.15) is 0 Å². The number of amides is 1. The Morgan fingerprint density at radius 1 is 1.19 bits per heavy atom. The molecule has 0 spiro atoms. The van der Waals surface area contributed by atoms with Crippen LogP contribution in [0.4, 0.5) is 0 Å². The van der Waals surface area contributed by atoms with Crippen molar-refractivity contribution in [1.82, 2.24) is 15.6 Å². The molecule has 2 bridgehead atoms. The van der Waals surface area contributed by atoms with Crippen LogP contribution in [0.3, 0.4) is 0 Å². The summed E-state index contributed by atoms with van der Waals surface area (Å²) in [7, 11) is 0. The Morgan fingerprint density at radius 2 is 1.81 bits per heavy atom. The van der Waals surface area contributed by atoms with Gasteiger partial charge in [0.1, 0.15) is 0 Å². The third-order valence-corrected chi connectivity index (χ3v) is 4.28. The van der Waals surface area contributed by atoms with Gasteiger partial charge < -0.3 is 10.6 Å². The fourth-order valence-corrected chi connectivity index (χ4v) is 3.36. The van der Waals surface area contributed by atoms with Crippen LogP contribution in [0.1, 0.15) is 47.4 Å². The van der Waals surface area contributed by atoms with Gasteiger partial charge in [0.25, 0.3) is 5.91 Å². The molecule has 2 aliphatic rings. The molecule has 2 unspecified atom stereocenters. The highest BCUT2D eigenvalue weighted by Gasteiger charge is 2.34. The maximum Gasteiger partial charge on any atom is 0.253 e. The normalized spacial score (nSPS) is 26.5. The lowest BCUT2D eigenvalue weighted by Crippen LogP contribution is -2.48. The Kier molecular flexibility index (Phi) is 6.44. The zero-order valence-electron chi connectivity index (χ0n) is 12.4. The first-order valence-corrected chi connectivity index (χ1v) is 7.13. The second-order valence-corrected chi connectivity index (χ2v) is 5.87. The fourth-order valence-electron chi connectivity index (χ4n) is 3.36. The molecule has 0 aliphatic carbocycles. The van der Waals surface area contributed by atoms with Gasteiger partial charge in [0, 0.05) is 23.8 Å². The third kappa shape index (κ3) is 4.09. The third-order valence-electron chi connectivity index (χ3n) is 4.28. The quantitative estimate of drug-likeness (QED) is 0.875. The molecular formula is C15H23Cl2N3O. The molecule has 1 amide bonds. The summed E-state index contributed by atoms with van der Waals surface area (Å²) in [6.45, 7) is 3.84. The number of hydrogen-bond donors (Lipinski definition) is 2. The van der Waals surface area contributed by atoms with E-state index in [-0.39, 0.29) is 30.7 Å². The zero-order chi connectivity index (χ0) is 13.4. The highest BCUT2D eigenvalue weighted by molar-refractivity contribution is 5.95. The summed E-state index contributed by atoms with van der Waals surface area (Å²) < 4.78 is 0. The zero-order valence-corrected chi connectivity index (χ0v) is 14.0. The summed E-state index contributed by atoms with van der Waals surface area (Å²) in [5.41, 5.74) is 2.47. The molecule has 21 heavy (non-hydrogen) atoms. The van der Waals surface area contributed by atoms with Gasteiger partial charge in [-0.25, -0.2) is 0 Å². The van der Waals surface area contributed by atoms with Gasteiger partial charge >= 0.3 is 0 Å². The number of carbonyl (C=O) groups is 1. The van der Waals surface area contributed by atoms with Crippen molar-refractivity contribution >= 4 is 30.7 Å². The van der Waals surface area contributed by atoms with Crippen LogP contribution in [0.5, 0.6) is 0 Å². The number of rotatable bonds is 2. The van der Waals surface area contributed by atoms with E-state index in [1.807, 2.05) is 26.0 Å². The number of pyridine rings is 1. The number of fused-ring (bicyclic) bond motifs is 2. The monoisotopic (exact) mass is 331 g/mol. The molecule has 2 aliphatic heterocycles. The Morgan fingerprint density at radius 3 is 2.38 bits per heavy atom. The molecule has 3 rings (SSSR count). The molecule has 2 N–H and O–H groups in total. The smallest absolute Gasteiger partial charge is 0.253 e. The highest BCUT2D eigenvalue weighted by atomic mass is 35.5. The van der Waals surface area contributed by atoms with Crippen molar-refractivity contribution in [2.45, 2.75) is 57.7 Å². The van der Waals surface area contributed by atoms with Gasteiger partial charge in [0.05, 0.1) is 11.3 Å². The van der Waals surface area contributed by atoms with Gasteiger partial charge in [0.15, 0.2) is 0 Å². The van der Waals surface area contributed by atoms with Gasteiger partial charge in [-0.1, -0.05) is 0 Å². The number of aryl methyl sites for hydroxylation is 2. The SMILES string of the molecule is Cc1ccc(C(=O)NC2CC3CCC(C2)N3)c(C)n1.Cl.Cl. The molecule has 0 radical (unpaired) electrons. The summed E-state index contributed by atoms with van der Waals surface area (Å²) in [5.74, 6) is 0.0244. The van der Waals surface area contributed by atoms with Crippen LogP contribution in [-0.4, -0.2) is 29.0 Å². The van der Waals surface area contributed by atoms with Crippen LogP contribution in [-0.2, 0) is 0 Å². The predicted molar refractivity (Wildman–Crippen MR) is 88.6 cm³/mol. The van der Waals surface area contributed by atoms with Gasteiger partial charge in [-0.15, -0.1) is 24.8 Å². The number of hydrogen-bond acceptors (Lipinski definition) is 3. The first-order valence-electron chi connectivity index (χ1n) is 7.13. The number of nitrogens with zero attached hydrogens (tertiary/aromatic N) is 1. The van der Waals surface area contributed by atoms with Crippen LogP contribution < -0.4 is 10.6 Å². The standard InChI is InChI=1S/C15H21N3O.2ClH/c1-9-3-6-14(10(2)16-9)15(19)18-13-7-11-4-5-12(8-13)17-11;;/h3,6,11-13,17H,4-5,7-8H2,1-2H3,(H,18,19);2*1H. The average Bonchev–Trinajstić information content (AvgIpc) is 2.68. The number of piperidine rings is 1. The minimum atomic E-state index is 0. The number of aromatic nitrogens is 1. The summed E-state index contributed by atoms with van der Waals surface area (Å²) in [4.78, 5) is 16.7. The molecule has 0 saturated carbocycles. The fraction of sp³-hybridized carbons (Fsp3) is 0.600. The number of nitrogens with one attached hydrogen (secondary N) is 2. The van der Waals surface area contributed by atoms with Crippen molar-refractivity contribution in [2.75, 3.05) is 0 Å². The lowest BCUT2D eigenvalue weighted by atomic mass is 9.99. The van der Waals surface area contributed by atoms with Crippen LogP contribution >= 0.6 is 24.8 Å². The van der Waals surface area contributed by atoms with Crippen molar-refractivity contribution in [3.63, 3.8) is 0 Å². The molecule has 3 heterocycles. The van der Waals surface area contributed by atoms with Gasteiger partial charge in [-0.3, -0.25) is 9.78 Å². The first kappa shape index (κ1) is 18.2. The van der Waals surface area contributed by atoms with E-state index in [9.17, 15) is 4.79 Å². The van der Waals surface area contributed by atoms with Crippen molar-refractivity contribution in [2.24, 2.45) is 0 Å². The molecule has 2 fully saturated rings. The van der Waals surface area contributed by atoms with Crippen LogP contribution in [0.2, 0.25) is 0 Å². The van der Waals surface area contributed by atoms with E-state index in [1.165, 1.54) is 12.8 Å². The maximum atomic E-state index is 12.3. The molecule has 4 nitrogen and oxygen atoms in total. The number of halogens is 2. The molecule has 6 heteroatoms. The summed E-state index contributed by atoms with van der Waals surface area (Å²) in [6.07, 6.45) is 4.62. The molecule has 2 saturated heterocycles. The van der Waals surface area contributed by atoms with Crippen LogP contribution in [0, 0.1) is 13.8 Å². The van der Waals surface area contributed by atoms with E-state index >= 15 is 0 Å². The Bertz CT molecular complexity index is 498. The van der Waals surface area contributed by atoms with Crippen LogP contribution in [0.25, 0.3) is 0 Å². The molecule has 1 aromatic rings. The minimum absolute atomic E-state index is 0. The molecular weight excluding hydrogens is 309 g/mol.